The number of likely N-dealkylation sites (N-methyl/N-ethyl adjacent to an activating group) is 1. The van der Waals surface area contributed by atoms with Gasteiger partial charge < -0.3 is 10.1 Å². The van der Waals surface area contributed by atoms with E-state index in [2.05, 4.69) is 11.4 Å². The molecule has 1 unspecified atom stereocenters. The van der Waals surface area contributed by atoms with Crippen LogP contribution in [0.5, 0.6) is 5.75 Å². The molecule has 0 bridgehead atoms. The van der Waals surface area contributed by atoms with E-state index in [1.807, 2.05) is 26.1 Å². The van der Waals surface area contributed by atoms with Crippen LogP contribution in [0.25, 0.3) is 0 Å². The van der Waals surface area contributed by atoms with Gasteiger partial charge in [0, 0.05) is 16.6 Å². The van der Waals surface area contributed by atoms with Crippen molar-refractivity contribution in [3.63, 3.8) is 0 Å². The fourth-order valence-electron chi connectivity index (χ4n) is 2.44. The van der Waals surface area contributed by atoms with Gasteiger partial charge in [0.2, 0.25) is 0 Å². The lowest BCUT2D eigenvalue weighted by molar-refractivity contribution is 0.411. The number of ether oxygens (including phenoxy) is 1. The molecule has 2 aromatic carbocycles. The van der Waals surface area contributed by atoms with E-state index >= 15 is 0 Å². The molecule has 0 radical (unpaired) electrons. The molecular weight excluding hydrogens is 289 g/mol. The Labute approximate surface area is 129 Å². The third-order valence-electron chi connectivity index (χ3n) is 3.64. The van der Waals surface area contributed by atoms with E-state index < -0.39 is 0 Å². The van der Waals surface area contributed by atoms with E-state index in [9.17, 15) is 4.39 Å². The molecule has 0 aliphatic heterocycles. The first-order valence-corrected chi connectivity index (χ1v) is 7.19. The van der Waals surface area contributed by atoms with Crippen molar-refractivity contribution >= 4 is 11.6 Å². The topological polar surface area (TPSA) is 21.3 Å². The molecule has 0 saturated carbocycles. The standard InChI is InChI=1S/C17H19ClFNO/c1-11-9-12(7-8-17(11)21-3)16(20-2)10-13-14(18)5-4-6-15(13)19/h4-9,16,20H,10H2,1-3H3. The summed E-state index contributed by atoms with van der Waals surface area (Å²) in [4.78, 5) is 0. The first kappa shape index (κ1) is 15.8. The van der Waals surface area contributed by atoms with Gasteiger partial charge in [-0.3, -0.25) is 0 Å². The molecule has 0 heterocycles. The highest BCUT2D eigenvalue weighted by Gasteiger charge is 2.16. The second kappa shape index (κ2) is 6.92. The number of aryl methyl sites for hydroxylation is 1. The van der Waals surface area contributed by atoms with Gasteiger partial charge >= 0.3 is 0 Å². The summed E-state index contributed by atoms with van der Waals surface area (Å²) in [5.41, 5.74) is 2.66. The SMILES string of the molecule is CNC(Cc1c(F)cccc1Cl)c1ccc(OC)c(C)c1. The molecule has 112 valence electrons. The molecule has 0 saturated heterocycles. The van der Waals surface area contributed by atoms with Crippen LogP contribution in [0.1, 0.15) is 22.7 Å². The number of methoxy groups -OCH3 is 1. The molecule has 0 aromatic heterocycles. The highest BCUT2D eigenvalue weighted by molar-refractivity contribution is 6.31. The molecular formula is C17H19ClFNO. The van der Waals surface area contributed by atoms with Crippen molar-refractivity contribution in [3.05, 3.63) is 63.9 Å². The van der Waals surface area contributed by atoms with Crippen LogP contribution in [0.2, 0.25) is 5.02 Å². The van der Waals surface area contributed by atoms with Crippen LogP contribution >= 0.6 is 11.6 Å². The molecule has 1 atom stereocenters. The Hall–Kier alpha value is -1.58. The van der Waals surface area contributed by atoms with Gasteiger partial charge in [-0.2, -0.15) is 0 Å². The van der Waals surface area contributed by atoms with E-state index in [1.165, 1.54) is 6.07 Å². The molecule has 2 nitrogen and oxygen atoms in total. The van der Waals surface area contributed by atoms with E-state index in [4.69, 9.17) is 16.3 Å². The lowest BCUT2D eigenvalue weighted by Crippen LogP contribution is -2.19. The lowest BCUT2D eigenvalue weighted by Gasteiger charge is -2.19. The van der Waals surface area contributed by atoms with Crippen molar-refractivity contribution in [2.24, 2.45) is 0 Å². The van der Waals surface area contributed by atoms with Crippen molar-refractivity contribution in [1.82, 2.24) is 5.32 Å². The maximum Gasteiger partial charge on any atom is 0.127 e. The van der Waals surface area contributed by atoms with Crippen LogP contribution in [-0.4, -0.2) is 14.2 Å². The normalized spacial score (nSPS) is 12.2. The van der Waals surface area contributed by atoms with Crippen LogP contribution < -0.4 is 10.1 Å². The van der Waals surface area contributed by atoms with E-state index in [0.29, 0.717) is 17.0 Å². The second-order valence-electron chi connectivity index (χ2n) is 4.97. The average molecular weight is 308 g/mol. The fraction of sp³-hybridized carbons (Fsp3) is 0.294. The molecule has 4 heteroatoms. The summed E-state index contributed by atoms with van der Waals surface area (Å²) in [6, 6.07) is 10.7. The van der Waals surface area contributed by atoms with Crippen LogP contribution in [0, 0.1) is 12.7 Å². The second-order valence-corrected chi connectivity index (χ2v) is 5.38. The van der Waals surface area contributed by atoms with Gasteiger partial charge in [-0.15, -0.1) is 0 Å². The zero-order chi connectivity index (χ0) is 15.4. The van der Waals surface area contributed by atoms with E-state index in [1.54, 1.807) is 19.2 Å². The predicted octanol–water partition coefficient (Wildman–Crippen LogP) is 4.30. The highest BCUT2D eigenvalue weighted by atomic mass is 35.5. The maximum absolute atomic E-state index is 13.9. The Morgan fingerprint density at radius 2 is 2.05 bits per heavy atom. The summed E-state index contributed by atoms with van der Waals surface area (Å²) in [6.45, 7) is 1.99. The van der Waals surface area contributed by atoms with Gasteiger partial charge in [0.1, 0.15) is 11.6 Å². The van der Waals surface area contributed by atoms with Gasteiger partial charge in [0.05, 0.1) is 7.11 Å². The van der Waals surface area contributed by atoms with Gasteiger partial charge in [0.15, 0.2) is 0 Å². The molecule has 0 fully saturated rings. The van der Waals surface area contributed by atoms with Crippen molar-refractivity contribution in [2.45, 2.75) is 19.4 Å². The van der Waals surface area contributed by atoms with Gasteiger partial charge in [-0.25, -0.2) is 4.39 Å². The molecule has 0 spiro atoms. The summed E-state index contributed by atoms with van der Waals surface area (Å²) in [5, 5.41) is 3.68. The smallest absolute Gasteiger partial charge is 0.127 e. The predicted molar refractivity (Wildman–Crippen MR) is 84.6 cm³/mol. The molecule has 2 aromatic rings. The van der Waals surface area contributed by atoms with Crippen LogP contribution in [0.3, 0.4) is 0 Å². The Balaban J connectivity index is 2.30. The van der Waals surface area contributed by atoms with Crippen molar-refractivity contribution in [2.75, 3.05) is 14.2 Å². The zero-order valence-corrected chi connectivity index (χ0v) is 13.2. The number of halogens is 2. The van der Waals surface area contributed by atoms with E-state index in [-0.39, 0.29) is 11.9 Å². The molecule has 0 aliphatic rings. The van der Waals surface area contributed by atoms with Gasteiger partial charge in [-0.05, 0) is 49.7 Å². The molecule has 0 amide bonds. The minimum absolute atomic E-state index is 0.0102. The summed E-state index contributed by atoms with van der Waals surface area (Å²) < 4.78 is 19.2. The number of rotatable bonds is 5. The van der Waals surface area contributed by atoms with Gasteiger partial charge in [-0.1, -0.05) is 29.8 Å². The van der Waals surface area contributed by atoms with Crippen molar-refractivity contribution in [1.29, 1.82) is 0 Å². The number of hydrogen-bond donors (Lipinski definition) is 1. The summed E-state index contributed by atoms with van der Waals surface area (Å²) in [7, 11) is 3.51. The maximum atomic E-state index is 13.9. The van der Waals surface area contributed by atoms with E-state index in [0.717, 1.165) is 16.9 Å². The third kappa shape index (κ3) is 3.55. The van der Waals surface area contributed by atoms with Crippen molar-refractivity contribution < 1.29 is 9.13 Å². The van der Waals surface area contributed by atoms with Gasteiger partial charge in [0.25, 0.3) is 0 Å². The Bertz CT molecular complexity index is 610. The fourth-order valence-corrected chi connectivity index (χ4v) is 2.68. The first-order chi connectivity index (χ1) is 10.1. The number of nitrogens with one attached hydrogen (secondary N) is 1. The molecule has 21 heavy (non-hydrogen) atoms. The Morgan fingerprint density at radius 3 is 2.62 bits per heavy atom. The Kier molecular flexibility index (Phi) is 5.21. The third-order valence-corrected chi connectivity index (χ3v) is 3.99. The number of hydrogen-bond acceptors (Lipinski definition) is 2. The minimum Gasteiger partial charge on any atom is -0.496 e. The highest BCUT2D eigenvalue weighted by Crippen LogP contribution is 2.28. The summed E-state index contributed by atoms with van der Waals surface area (Å²) >= 11 is 6.11. The summed E-state index contributed by atoms with van der Waals surface area (Å²) in [5.74, 6) is 0.575. The zero-order valence-electron chi connectivity index (χ0n) is 12.4. The minimum atomic E-state index is -0.270. The quantitative estimate of drug-likeness (QED) is 0.889. The average Bonchev–Trinajstić information content (AvgIpc) is 2.47. The Morgan fingerprint density at radius 1 is 1.29 bits per heavy atom. The lowest BCUT2D eigenvalue weighted by atomic mass is 9.97. The first-order valence-electron chi connectivity index (χ1n) is 6.81. The van der Waals surface area contributed by atoms with Crippen LogP contribution in [0.4, 0.5) is 4.39 Å². The van der Waals surface area contributed by atoms with Crippen LogP contribution in [0.15, 0.2) is 36.4 Å². The van der Waals surface area contributed by atoms with Crippen LogP contribution in [-0.2, 0) is 6.42 Å². The summed E-state index contributed by atoms with van der Waals surface area (Å²) in [6.07, 6.45) is 0.494. The molecule has 0 aliphatic carbocycles. The number of benzene rings is 2. The van der Waals surface area contributed by atoms with Crippen molar-refractivity contribution in [3.8, 4) is 5.75 Å². The monoisotopic (exact) mass is 307 g/mol. The molecule has 1 N–H and O–H groups in total. The molecule has 2 rings (SSSR count). The largest absolute Gasteiger partial charge is 0.496 e.